The monoisotopic (exact) mass is 268 g/mol. The average Bonchev–Trinajstić information content (AvgIpc) is 3.07. The van der Waals surface area contributed by atoms with Gasteiger partial charge in [-0.3, -0.25) is 9.59 Å². The molecule has 2 rings (SSSR count). The largest absolute Gasteiger partial charge is 0.480 e. The minimum atomic E-state index is -0.985. The Kier molecular flexibility index (Phi) is 3.78. The van der Waals surface area contributed by atoms with Gasteiger partial charge in [0, 0.05) is 19.0 Å². The SMILES string of the molecule is CC(C)N1CC(C(=O)NC(C(=O)O)C2CC2)CC1=O. The molecule has 0 aromatic carbocycles. The van der Waals surface area contributed by atoms with Crippen molar-refractivity contribution in [2.75, 3.05) is 6.54 Å². The lowest BCUT2D eigenvalue weighted by atomic mass is 10.1. The molecule has 6 nitrogen and oxygen atoms in total. The molecule has 106 valence electrons. The molecule has 0 spiro atoms. The van der Waals surface area contributed by atoms with Gasteiger partial charge in [-0.05, 0) is 32.6 Å². The summed E-state index contributed by atoms with van der Waals surface area (Å²) in [4.78, 5) is 36.5. The first-order valence-electron chi connectivity index (χ1n) is 6.72. The molecule has 0 aromatic rings. The van der Waals surface area contributed by atoms with Crippen molar-refractivity contribution in [1.82, 2.24) is 10.2 Å². The van der Waals surface area contributed by atoms with E-state index in [1.54, 1.807) is 4.90 Å². The Bertz CT molecular complexity index is 403. The fourth-order valence-corrected chi connectivity index (χ4v) is 2.49. The fraction of sp³-hybridized carbons (Fsp3) is 0.769. The molecule has 1 heterocycles. The van der Waals surface area contributed by atoms with Crippen LogP contribution in [0.2, 0.25) is 0 Å². The first-order chi connectivity index (χ1) is 8.90. The maximum absolute atomic E-state index is 12.1. The summed E-state index contributed by atoms with van der Waals surface area (Å²) in [5.41, 5.74) is 0. The minimum Gasteiger partial charge on any atom is -0.480 e. The van der Waals surface area contributed by atoms with Crippen molar-refractivity contribution in [2.24, 2.45) is 11.8 Å². The van der Waals surface area contributed by atoms with Crippen LogP contribution in [0.25, 0.3) is 0 Å². The van der Waals surface area contributed by atoms with Gasteiger partial charge in [0.1, 0.15) is 6.04 Å². The molecule has 2 aliphatic rings. The molecule has 2 amide bonds. The maximum Gasteiger partial charge on any atom is 0.326 e. The summed E-state index contributed by atoms with van der Waals surface area (Å²) >= 11 is 0. The van der Waals surface area contributed by atoms with Crippen LogP contribution in [0.5, 0.6) is 0 Å². The van der Waals surface area contributed by atoms with Gasteiger partial charge in [0.05, 0.1) is 5.92 Å². The summed E-state index contributed by atoms with van der Waals surface area (Å²) in [6, 6.07) is -0.722. The summed E-state index contributed by atoms with van der Waals surface area (Å²) < 4.78 is 0. The number of rotatable bonds is 5. The summed E-state index contributed by atoms with van der Waals surface area (Å²) in [7, 11) is 0. The van der Waals surface area contributed by atoms with Gasteiger partial charge >= 0.3 is 5.97 Å². The molecule has 19 heavy (non-hydrogen) atoms. The van der Waals surface area contributed by atoms with E-state index < -0.39 is 17.9 Å². The number of nitrogens with zero attached hydrogens (tertiary/aromatic N) is 1. The van der Waals surface area contributed by atoms with Crippen LogP contribution in [0, 0.1) is 11.8 Å². The highest BCUT2D eigenvalue weighted by atomic mass is 16.4. The van der Waals surface area contributed by atoms with Crippen molar-refractivity contribution >= 4 is 17.8 Å². The van der Waals surface area contributed by atoms with Gasteiger partial charge in [0.25, 0.3) is 0 Å². The highest BCUT2D eigenvalue weighted by Crippen LogP contribution is 2.33. The lowest BCUT2D eigenvalue weighted by Crippen LogP contribution is -2.45. The second kappa shape index (κ2) is 5.19. The minimum absolute atomic E-state index is 0.0338. The lowest BCUT2D eigenvalue weighted by molar-refractivity contribution is -0.143. The predicted octanol–water partition coefficient (Wildman–Crippen LogP) is 0.223. The van der Waals surface area contributed by atoms with E-state index in [0.717, 1.165) is 12.8 Å². The Morgan fingerprint density at radius 2 is 2.00 bits per heavy atom. The van der Waals surface area contributed by atoms with E-state index in [-0.39, 0.29) is 30.2 Å². The number of carboxylic acids is 1. The molecule has 0 aromatic heterocycles. The van der Waals surface area contributed by atoms with Gasteiger partial charge < -0.3 is 15.3 Å². The fourth-order valence-electron chi connectivity index (χ4n) is 2.49. The Labute approximate surface area is 112 Å². The second-order valence-electron chi connectivity index (χ2n) is 5.70. The Morgan fingerprint density at radius 1 is 1.37 bits per heavy atom. The van der Waals surface area contributed by atoms with Crippen molar-refractivity contribution < 1.29 is 19.5 Å². The number of hydrogen-bond donors (Lipinski definition) is 2. The van der Waals surface area contributed by atoms with Gasteiger partial charge in [-0.1, -0.05) is 0 Å². The van der Waals surface area contributed by atoms with Crippen molar-refractivity contribution in [3.8, 4) is 0 Å². The Hall–Kier alpha value is -1.59. The van der Waals surface area contributed by atoms with Gasteiger partial charge in [0.2, 0.25) is 11.8 Å². The third kappa shape index (κ3) is 3.05. The number of carbonyl (C=O) groups is 3. The molecule has 1 aliphatic heterocycles. The molecule has 1 saturated heterocycles. The van der Waals surface area contributed by atoms with Crippen LogP contribution in [-0.4, -0.2) is 46.4 Å². The van der Waals surface area contributed by atoms with Crippen LogP contribution in [0.1, 0.15) is 33.1 Å². The highest BCUT2D eigenvalue weighted by Gasteiger charge is 2.41. The number of aliphatic carboxylic acids is 1. The number of likely N-dealkylation sites (tertiary alicyclic amines) is 1. The smallest absolute Gasteiger partial charge is 0.326 e. The summed E-state index contributed by atoms with van der Waals surface area (Å²) in [5.74, 6) is -1.69. The number of carbonyl (C=O) groups excluding carboxylic acids is 2. The normalized spacial score (nSPS) is 24.7. The average molecular weight is 268 g/mol. The third-order valence-corrected chi connectivity index (χ3v) is 3.81. The molecule has 0 radical (unpaired) electrons. The Morgan fingerprint density at radius 3 is 2.42 bits per heavy atom. The van der Waals surface area contributed by atoms with Crippen LogP contribution < -0.4 is 5.32 Å². The molecule has 1 saturated carbocycles. The number of carboxylic acid groups (broad SMARTS) is 1. The zero-order valence-corrected chi connectivity index (χ0v) is 11.3. The van der Waals surface area contributed by atoms with E-state index in [1.807, 2.05) is 13.8 Å². The van der Waals surface area contributed by atoms with Crippen molar-refractivity contribution in [3.05, 3.63) is 0 Å². The molecule has 2 fully saturated rings. The van der Waals surface area contributed by atoms with Crippen LogP contribution in [0.15, 0.2) is 0 Å². The van der Waals surface area contributed by atoms with E-state index in [2.05, 4.69) is 5.32 Å². The van der Waals surface area contributed by atoms with Crippen LogP contribution in [-0.2, 0) is 14.4 Å². The molecule has 1 aliphatic carbocycles. The van der Waals surface area contributed by atoms with Gasteiger partial charge in [0.15, 0.2) is 0 Å². The standard InChI is InChI=1S/C13H20N2O4/c1-7(2)15-6-9(5-10(15)16)12(17)14-11(13(18)19)8-3-4-8/h7-9,11H,3-6H2,1-2H3,(H,14,17)(H,18,19). The van der Waals surface area contributed by atoms with Crippen molar-refractivity contribution in [2.45, 2.75) is 45.2 Å². The zero-order chi connectivity index (χ0) is 14.2. The summed E-state index contributed by atoms with van der Waals surface area (Å²) in [5, 5.41) is 11.7. The van der Waals surface area contributed by atoms with Crippen molar-refractivity contribution in [3.63, 3.8) is 0 Å². The number of hydrogen-bond acceptors (Lipinski definition) is 3. The highest BCUT2D eigenvalue weighted by molar-refractivity contribution is 5.91. The molecule has 0 bridgehead atoms. The molecule has 2 atom stereocenters. The molecule has 2 unspecified atom stereocenters. The van der Waals surface area contributed by atoms with Gasteiger partial charge in [-0.2, -0.15) is 0 Å². The molecular formula is C13H20N2O4. The second-order valence-corrected chi connectivity index (χ2v) is 5.70. The van der Waals surface area contributed by atoms with E-state index in [1.165, 1.54) is 0 Å². The molecule has 2 N–H and O–H groups in total. The first kappa shape index (κ1) is 13.8. The predicted molar refractivity (Wildman–Crippen MR) is 67.2 cm³/mol. The van der Waals surface area contributed by atoms with Gasteiger partial charge in [-0.15, -0.1) is 0 Å². The molecule has 6 heteroatoms. The van der Waals surface area contributed by atoms with Crippen LogP contribution >= 0.6 is 0 Å². The van der Waals surface area contributed by atoms with Crippen LogP contribution in [0.4, 0.5) is 0 Å². The number of amides is 2. The van der Waals surface area contributed by atoms with Crippen molar-refractivity contribution in [1.29, 1.82) is 0 Å². The summed E-state index contributed by atoms with van der Waals surface area (Å²) in [6.45, 7) is 4.20. The topological polar surface area (TPSA) is 86.7 Å². The van der Waals surface area contributed by atoms with E-state index >= 15 is 0 Å². The summed E-state index contributed by atoms with van der Waals surface area (Å²) in [6.07, 6.45) is 1.87. The quantitative estimate of drug-likeness (QED) is 0.747. The van der Waals surface area contributed by atoms with Gasteiger partial charge in [-0.25, -0.2) is 4.79 Å². The number of nitrogens with one attached hydrogen (secondary N) is 1. The lowest BCUT2D eigenvalue weighted by Gasteiger charge is -2.21. The van der Waals surface area contributed by atoms with E-state index in [0.29, 0.717) is 6.54 Å². The first-order valence-corrected chi connectivity index (χ1v) is 6.72. The van der Waals surface area contributed by atoms with E-state index in [9.17, 15) is 14.4 Å². The Balaban J connectivity index is 1.93. The zero-order valence-electron chi connectivity index (χ0n) is 11.3. The van der Waals surface area contributed by atoms with Crippen LogP contribution in [0.3, 0.4) is 0 Å². The van der Waals surface area contributed by atoms with E-state index in [4.69, 9.17) is 5.11 Å². The third-order valence-electron chi connectivity index (χ3n) is 3.81. The molecular weight excluding hydrogens is 248 g/mol. The maximum atomic E-state index is 12.1.